The van der Waals surface area contributed by atoms with Crippen LogP contribution in [0.2, 0.25) is 0 Å². The van der Waals surface area contributed by atoms with E-state index in [1.54, 1.807) is 0 Å². The van der Waals surface area contributed by atoms with Crippen molar-refractivity contribution in [1.82, 2.24) is 9.38 Å². The van der Waals surface area contributed by atoms with Crippen molar-refractivity contribution < 1.29 is 25.8 Å². The molecule has 5 nitrogen and oxygen atoms in total. The number of ether oxygens (including phenoxy) is 1. The Morgan fingerprint density at radius 1 is 0.438 bits per heavy atom. The Labute approximate surface area is 437 Å². The first-order valence-corrected chi connectivity index (χ1v) is 24.4. The van der Waals surface area contributed by atoms with Crippen molar-refractivity contribution in [1.29, 1.82) is 0 Å². The van der Waals surface area contributed by atoms with Gasteiger partial charge in [0.2, 0.25) is 0 Å². The number of aryl methyl sites for hydroxylation is 1. The van der Waals surface area contributed by atoms with Crippen LogP contribution >= 0.6 is 0 Å². The van der Waals surface area contributed by atoms with Crippen molar-refractivity contribution in [3.63, 3.8) is 0 Å². The SMILES string of the molecule is Cc1ccc2c3cccc4c5ccc(Oc6[c-]c(N7[CH-]N(c8c(-c9ccccc9)cccc8-c8ccccc8)c8ccccc87)ccc6)[c-]c5n(c5ncccc5c5ccccc5c2c1-c1ccccc1)c34.[Pt]. The zero-order valence-electron chi connectivity index (χ0n) is 39.6. The van der Waals surface area contributed by atoms with Gasteiger partial charge < -0.3 is 18.9 Å². The normalized spacial score (nSPS) is 12.2. The van der Waals surface area contributed by atoms with Crippen LogP contribution in [0.1, 0.15) is 5.56 Å². The number of para-hydroxylation sites is 4. The maximum Gasteiger partial charge on any atom is 0.143 e. The van der Waals surface area contributed by atoms with E-state index in [1.165, 1.54) is 22.1 Å². The molecular formula is C67H43N4OPt-3. The zero-order chi connectivity index (χ0) is 47.7. The molecule has 1 aliphatic heterocycles. The van der Waals surface area contributed by atoms with Gasteiger partial charge in [0.15, 0.2) is 0 Å². The molecule has 0 bridgehead atoms. The van der Waals surface area contributed by atoms with Crippen LogP contribution in [0, 0.1) is 25.7 Å². The summed E-state index contributed by atoms with van der Waals surface area (Å²) in [5, 5.41) is 8.99. The Morgan fingerprint density at radius 2 is 0.986 bits per heavy atom. The molecule has 0 spiro atoms. The van der Waals surface area contributed by atoms with Gasteiger partial charge in [0.25, 0.3) is 0 Å². The van der Waals surface area contributed by atoms with E-state index in [0.29, 0.717) is 11.5 Å². The van der Waals surface area contributed by atoms with Crippen LogP contribution in [-0.2, 0) is 21.1 Å². The number of rotatable bonds is 7. The average Bonchev–Trinajstić information content (AvgIpc) is 4.01. The predicted molar refractivity (Wildman–Crippen MR) is 298 cm³/mol. The van der Waals surface area contributed by atoms with Crippen molar-refractivity contribution >= 4 is 82.5 Å². The minimum Gasteiger partial charge on any atom is -0.509 e. The van der Waals surface area contributed by atoms with Gasteiger partial charge in [-0.25, -0.2) is 4.98 Å². The number of pyridine rings is 1. The van der Waals surface area contributed by atoms with Gasteiger partial charge >= 0.3 is 0 Å². The number of nitrogens with zero attached hydrogens (tertiary/aromatic N) is 4. The molecule has 73 heavy (non-hydrogen) atoms. The smallest absolute Gasteiger partial charge is 0.143 e. The van der Waals surface area contributed by atoms with Crippen LogP contribution in [-0.4, -0.2) is 9.38 Å². The fourth-order valence-corrected chi connectivity index (χ4v) is 11.1. The van der Waals surface area contributed by atoms with Crippen LogP contribution < -0.4 is 14.5 Å². The summed E-state index contributed by atoms with van der Waals surface area (Å²) in [6.45, 7) is 4.40. The monoisotopic (exact) mass is 1110 g/mol. The maximum atomic E-state index is 6.84. The molecule has 0 atom stereocenters. The number of aromatic nitrogens is 2. The maximum absolute atomic E-state index is 6.84. The second-order valence-electron chi connectivity index (χ2n) is 18.4. The Kier molecular flexibility index (Phi) is 11.0. The molecule has 0 fully saturated rings. The standard InChI is InChI=1S/C67H43N4O.Pt/c1-44-36-38-56-58-32-17-31-57-54-39-37-50(42-62(54)71(66(57)58)67-59(33-18-40-68-67)53-27-11-12-28-55(53)64(56)63(44)47-23-9-4-10-24-47)72-49-26-15-25-48(41-49)69-43-70(61-35-14-13-34-60(61)69)65-51(45-19-5-2-6-20-45)29-16-30-52(65)46-21-7-3-8-22-46;/h2-40,43H,1H3;/q-3;. The second kappa shape index (κ2) is 18.1. The molecule has 6 heteroatoms. The quantitative estimate of drug-likeness (QED) is 0.149. The van der Waals surface area contributed by atoms with E-state index in [9.17, 15) is 0 Å². The molecule has 0 saturated carbocycles. The summed E-state index contributed by atoms with van der Waals surface area (Å²) < 4.78 is 9.15. The van der Waals surface area contributed by atoms with Gasteiger partial charge in [0.1, 0.15) is 5.65 Å². The van der Waals surface area contributed by atoms with Crippen molar-refractivity contribution in [3.05, 3.63) is 261 Å². The summed E-state index contributed by atoms with van der Waals surface area (Å²) in [4.78, 5) is 9.74. The Hall–Kier alpha value is -8.76. The number of anilines is 4. The fraction of sp³-hybridized carbons (Fsp3) is 0.0149. The molecule has 10 aromatic carbocycles. The number of fused-ring (bicyclic) bond motifs is 11. The Morgan fingerprint density at radius 3 is 1.71 bits per heavy atom. The number of benzene rings is 10. The van der Waals surface area contributed by atoms with E-state index in [-0.39, 0.29) is 21.1 Å². The molecule has 0 N–H and O–H groups in total. The first kappa shape index (κ1) is 44.2. The van der Waals surface area contributed by atoms with Crippen molar-refractivity contribution in [2.45, 2.75) is 6.92 Å². The molecule has 0 aliphatic carbocycles. The molecule has 13 aromatic rings. The summed E-state index contributed by atoms with van der Waals surface area (Å²) in [7, 11) is 0. The van der Waals surface area contributed by atoms with E-state index < -0.39 is 0 Å². The second-order valence-corrected chi connectivity index (χ2v) is 18.4. The van der Waals surface area contributed by atoms with Gasteiger partial charge in [0.05, 0.1) is 0 Å². The summed E-state index contributed by atoms with van der Waals surface area (Å²) in [6.07, 6.45) is 1.89. The molecule has 4 heterocycles. The molecule has 14 rings (SSSR count). The van der Waals surface area contributed by atoms with Gasteiger partial charge in [-0.05, 0) is 85.9 Å². The molecule has 0 radical (unpaired) electrons. The van der Waals surface area contributed by atoms with Crippen molar-refractivity contribution in [2.75, 3.05) is 9.80 Å². The van der Waals surface area contributed by atoms with Gasteiger partial charge in [-0.15, -0.1) is 48.1 Å². The third-order valence-electron chi connectivity index (χ3n) is 14.2. The molecule has 350 valence electrons. The predicted octanol–water partition coefficient (Wildman–Crippen LogP) is 17.8. The number of hydrogen-bond donors (Lipinski definition) is 0. The third kappa shape index (κ3) is 7.30. The van der Waals surface area contributed by atoms with E-state index in [1.807, 2.05) is 30.5 Å². The Bertz CT molecular complexity index is 4250. The average molecular weight is 1120 g/mol. The van der Waals surface area contributed by atoms with Crippen molar-refractivity contribution in [2.24, 2.45) is 0 Å². The first-order chi connectivity index (χ1) is 35.7. The third-order valence-corrected chi connectivity index (χ3v) is 14.2. The summed E-state index contributed by atoms with van der Waals surface area (Å²) in [5.74, 6) is 1.15. The zero-order valence-corrected chi connectivity index (χ0v) is 41.9. The van der Waals surface area contributed by atoms with E-state index in [4.69, 9.17) is 9.72 Å². The van der Waals surface area contributed by atoms with Gasteiger partial charge in [0, 0.05) is 83.2 Å². The van der Waals surface area contributed by atoms with E-state index >= 15 is 0 Å². The molecule has 1 aliphatic rings. The van der Waals surface area contributed by atoms with Gasteiger partial charge in [-0.2, -0.15) is 12.1 Å². The van der Waals surface area contributed by atoms with E-state index in [0.717, 1.165) is 99.4 Å². The van der Waals surface area contributed by atoms with Crippen LogP contribution in [0.3, 0.4) is 0 Å². The molecule has 3 aromatic heterocycles. The molecule has 0 unspecified atom stereocenters. The largest absolute Gasteiger partial charge is 0.509 e. The van der Waals surface area contributed by atoms with Gasteiger partial charge in [-0.3, -0.25) is 0 Å². The van der Waals surface area contributed by atoms with Crippen molar-refractivity contribution in [3.8, 4) is 44.9 Å². The summed E-state index contributed by atoms with van der Waals surface area (Å²) in [5.41, 5.74) is 15.1. The fourth-order valence-electron chi connectivity index (χ4n) is 11.1. The number of hydrogen-bond acceptors (Lipinski definition) is 4. The van der Waals surface area contributed by atoms with Crippen LogP contribution in [0.5, 0.6) is 11.5 Å². The van der Waals surface area contributed by atoms with Gasteiger partial charge in [-0.1, -0.05) is 181 Å². The summed E-state index contributed by atoms with van der Waals surface area (Å²) in [6, 6.07) is 89.1. The molecular weight excluding hydrogens is 1070 g/mol. The topological polar surface area (TPSA) is 33.0 Å². The Balaban J connectivity index is 0.00000516. The minimum atomic E-state index is 0. The first-order valence-electron chi connectivity index (χ1n) is 24.4. The molecule has 0 amide bonds. The van der Waals surface area contributed by atoms with Crippen LogP contribution in [0.15, 0.2) is 237 Å². The van der Waals surface area contributed by atoms with E-state index in [2.05, 4.69) is 246 Å². The summed E-state index contributed by atoms with van der Waals surface area (Å²) >= 11 is 0. The van der Waals surface area contributed by atoms with Crippen LogP contribution in [0.4, 0.5) is 22.7 Å². The minimum absolute atomic E-state index is 0. The molecule has 0 saturated heterocycles. The van der Waals surface area contributed by atoms with Crippen LogP contribution in [0.25, 0.3) is 93.2 Å².